The Labute approximate surface area is 223 Å². The first-order valence-corrected chi connectivity index (χ1v) is 14.0. The average molecular weight is 555 g/mol. The fourth-order valence-electron chi connectivity index (χ4n) is 3.80. The molecule has 3 aromatic carbocycles. The highest BCUT2D eigenvalue weighted by Crippen LogP contribution is 2.24. The van der Waals surface area contributed by atoms with Gasteiger partial charge in [0.2, 0.25) is 10.0 Å². The van der Waals surface area contributed by atoms with Crippen LogP contribution in [0.5, 0.6) is 0 Å². The van der Waals surface area contributed by atoms with Crippen molar-refractivity contribution >= 4 is 43.2 Å². The van der Waals surface area contributed by atoms with Crippen LogP contribution >= 0.6 is 11.3 Å². The van der Waals surface area contributed by atoms with Gasteiger partial charge in [0.1, 0.15) is 0 Å². The van der Waals surface area contributed by atoms with Crippen molar-refractivity contribution in [3.05, 3.63) is 98.8 Å². The Hall–Kier alpha value is -3.71. The van der Waals surface area contributed by atoms with Crippen molar-refractivity contribution in [2.45, 2.75) is 24.9 Å². The number of carbonyl (C=O) groups excluding carboxylic acids is 1. The summed E-state index contributed by atoms with van der Waals surface area (Å²) in [6, 6.07) is 19.4. The van der Waals surface area contributed by atoms with Crippen LogP contribution in [0.15, 0.2) is 82.7 Å². The molecule has 4 rings (SSSR count). The minimum Gasteiger partial charge on any atom is -0.380 e. The number of sulfonamides is 1. The van der Waals surface area contributed by atoms with E-state index in [1.54, 1.807) is 10.6 Å². The Morgan fingerprint density at radius 1 is 1.11 bits per heavy atom. The molecule has 0 aliphatic heterocycles. The third-order valence-electron chi connectivity index (χ3n) is 5.80. The lowest BCUT2D eigenvalue weighted by Crippen LogP contribution is -2.26. The van der Waals surface area contributed by atoms with Crippen molar-refractivity contribution in [3.63, 3.8) is 0 Å². The van der Waals surface area contributed by atoms with E-state index in [1.807, 2.05) is 37.3 Å². The first kappa shape index (κ1) is 27.3. The lowest BCUT2D eigenvalue weighted by molar-refractivity contribution is -0.384. The van der Waals surface area contributed by atoms with Gasteiger partial charge in [-0.15, -0.1) is 0 Å². The van der Waals surface area contributed by atoms with Crippen molar-refractivity contribution in [2.24, 2.45) is 4.99 Å². The fourth-order valence-corrected chi connectivity index (χ4v) is 6.05. The molecule has 198 valence electrons. The summed E-state index contributed by atoms with van der Waals surface area (Å²) in [6.45, 7) is 3.39. The second kappa shape index (κ2) is 11.8. The van der Waals surface area contributed by atoms with Crippen LogP contribution in [0.3, 0.4) is 0 Å². The number of carbonyl (C=O) groups is 1. The second-order valence-corrected chi connectivity index (χ2v) is 11.4. The Kier molecular flexibility index (Phi) is 8.47. The van der Waals surface area contributed by atoms with Crippen molar-refractivity contribution in [3.8, 4) is 0 Å². The van der Waals surface area contributed by atoms with E-state index >= 15 is 0 Å². The van der Waals surface area contributed by atoms with Crippen molar-refractivity contribution < 1.29 is 22.9 Å². The van der Waals surface area contributed by atoms with Crippen LogP contribution < -0.4 is 4.80 Å². The molecular formula is C26H26N4O6S2. The van der Waals surface area contributed by atoms with Crippen molar-refractivity contribution in [1.82, 2.24) is 8.87 Å². The maximum Gasteiger partial charge on any atom is 0.279 e. The summed E-state index contributed by atoms with van der Waals surface area (Å²) in [6.07, 6.45) is 0. The predicted molar refractivity (Wildman–Crippen MR) is 144 cm³/mol. The van der Waals surface area contributed by atoms with E-state index in [9.17, 15) is 23.3 Å². The van der Waals surface area contributed by atoms with Crippen molar-refractivity contribution in [2.75, 3.05) is 20.3 Å². The number of non-ortho nitro benzene ring substituents is 1. The number of nitro groups is 1. The summed E-state index contributed by atoms with van der Waals surface area (Å²) in [5, 5.41) is 11.2. The van der Waals surface area contributed by atoms with E-state index in [4.69, 9.17) is 4.74 Å². The molecule has 12 heteroatoms. The quantitative estimate of drug-likeness (QED) is 0.164. The first-order valence-electron chi connectivity index (χ1n) is 11.8. The minimum absolute atomic E-state index is 0.0531. The topological polar surface area (TPSA) is 124 Å². The minimum atomic E-state index is -3.77. The number of fused-ring (bicyclic) bond motifs is 1. The Morgan fingerprint density at radius 2 is 1.82 bits per heavy atom. The van der Waals surface area contributed by atoms with Crippen LogP contribution in [-0.4, -0.2) is 48.4 Å². The zero-order valence-corrected chi connectivity index (χ0v) is 22.4. The fraction of sp³-hybridized carbons (Fsp3) is 0.231. The van der Waals surface area contributed by atoms with Crippen LogP contribution in [0.4, 0.5) is 5.69 Å². The number of thiazole rings is 1. The molecule has 0 saturated carbocycles. The van der Waals surface area contributed by atoms with Crippen LogP contribution in [-0.2, 0) is 27.8 Å². The summed E-state index contributed by atoms with van der Waals surface area (Å²) in [5.41, 5.74) is 1.72. The summed E-state index contributed by atoms with van der Waals surface area (Å²) in [5.74, 6) is -0.558. The van der Waals surface area contributed by atoms with E-state index in [1.165, 1.54) is 47.8 Å². The third-order valence-corrected chi connectivity index (χ3v) is 8.65. The van der Waals surface area contributed by atoms with E-state index < -0.39 is 20.9 Å². The Bertz CT molecular complexity index is 1630. The van der Waals surface area contributed by atoms with Gasteiger partial charge in [-0.2, -0.15) is 9.30 Å². The molecule has 0 bridgehead atoms. The van der Waals surface area contributed by atoms with Gasteiger partial charge >= 0.3 is 0 Å². The molecule has 1 heterocycles. The van der Waals surface area contributed by atoms with E-state index in [2.05, 4.69) is 4.99 Å². The summed E-state index contributed by atoms with van der Waals surface area (Å²) in [4.78, 5) is 28.4. The molecule has 0 saturated heterocycles. The highest BCUT2D eigenvalue weighted by molar-refractivity contribution is 7.89. The van der Waals surface area contributed by atoms with Crippen LogP contribution in [0.1, 0.15) is 22.8 Å². The molecule has 4 aromatic rings. The lowest BCUT2D eigenvalue weighted by atomic mass is 10.2. The molecule has 10 nitrogen and oxygen atoms in total. The van der Waals surface area contributed by atoms with Gasteiger partial charge in [-0.25, -0.2) is 8.42 Å². The predicted octanol–water partition coefficient (Wildman–Crippen LogP) is 4.21. The number of hydrogen-bond donors (Lipinski definition) is 0. The molecule has 1 amide bonds. The number of nitro benzene ring substituents is 1. The molecule has 0 radical (unpaired) electrons. The number of ether oxygens (including phenoxy) is 1. The molecule has 0 fully saturated rings. The average Bonchev–Trinajstić information content (AvgIpc) is 3.25. The van der Waals surface area contributed by atoms with Gasteiger partial charge in [-0.05, 0) is 42.8 Å². The third kappa shape index (κ3) is 6.05. The molecule has 0 N–H and O–H groups in total. The largest absolute Gasteiger partial charge is 0.380 e. The summed E-state index contributed by atoms with van der Waals surface area (Å²) < 4.78 is 35.1. The number of benzene rings is 3. The zero-order valence-electron chi connectivity index (χ0n) is 20.8. The highest BCUT2D eigenvalue weighted by Gasteiger charge is 2.21. The van der Waals surface area contributed by atoms with Crippen molar-refractivity contribution in [1.29, 1.82) is 0 Å². The Morgan fingerprint density at radius 3 is 2.47 bits per heavy atom. The molecule has 1 aromatic heterocycles. The van der Waals surface area contributed by atoms with Gasteiger partial charge in [-0.1, -0.05) is 41.7 Å². The van der Waals surface area contributed by atoms with Crippen LogP contribution in [0.2, 0.25) is 0 Å². The van der Waals surface area contributed by atoms with E-state index in [0.29, 0.717) is 34.8 Å². The van der Waals surface area contributed by atoms with E-state index in [-0.39, 0.29) is 22.7 Å². The van der Waals surface area contributed by atoms with E-state index in [0.717, 1.165) is 16.9 Å². The molecule has 38 heavy (non-hydrogen) atoms. The lowest BCUT2D eigenvalue weighted by Gasteiger charge is -2.17. The number of hydrogen-bond acceptors (Lipinski definition) is 7. The number of rotatable bonds is 10. The summed E-state index contributed by atoms with van der Waals surface area (Å²) in [7, 11) is -2.26. The number of aromatic nitrogens is 1. The number of nitrogens with zero attached hydrogens (tertiary/aromatic N) is 4. The smallest absolute Gasteiger partial charge is 0.279 e. The normalized spacial score (nSPS) is 12.3. The SMILES string of the molecule is CCOCCn1c(=NC(=O)c2ccc(S(=O)(=O)N(C)Cc3ccccc3)cc2)sc2cc([N+](=O)[O-])ccc21. The molecular weight excluding hydrogens is 528 g/mol. The molecule has 0 unspecified atom stereocenters. The Balaban J connectivity index is 1.62. The van der Waals surface area contributed by atoms with Gasteiger partial charge in [0.15, 0.2) is 4.80 Å². The monoisotopic (exact) mass is 554 g/mol. The zero-order chi connectivity index (χ0) is 27.3. The van der Waals surface area contributed by atoms with Crippen LogP contribution in [0.25, 0.3) is 10.2 Å². The first-order chi connectivity index (χ1) is 18.2. The highest BCUT2D eigenvalue weighted by atomic mass is 32.2. The molecule has 0 aliphatic rings. The van der Waals surface area contributed by atoms with Gasteiger partial charge in [-0.3, -0.25) is 14.9 Å². The van der Waals surface area contributed by atoms with Gasteiger partial charge in [0.05, 0.1) is 26.6 Å². The summed E-state index contributed by atoms with van der Waals surface area (Å²) >= 11 is 1.16. The maximum atomic E-state index is 13.0. The molecule has 0 aliphatic carbocycles. The van der Waals surface area contributed by atoms with Crippen LogP contribution in [0, 0.1) is 10.1 Å². The number of amides is 1. The van der Waals surface area contributed by atoms with Gasteiger partial charge < -0.3 is 9.30 Å². The van der Waals surface area contributed by atoms with Gasteiger partial charge in [0.25, 0.3) is 11.6 Å². The molecule has 0 spiro atoms. The standard InChI is InChI=1S/C26H26N4O6S2/c1-3-36-16-15-29-23-14-11-21(30(32)33)17-24(23)37-26(29)27-25(31)20-9-12-22(13-10-20)38(34,35)28(2)18-19-7-5-4-6-8-19/h4-14,17H,3,15-16,18H2,1-2H3. The molecule has 0 atom stereocenters. The van der Waals surface area contributed by atoms with Gasteiger partial charge in [0, 0.05) is 44.4 Å². The maximum absolute atomic E-state index is 13.0. The second-order valence-electron chi connectivity index (χ2n) is 8.33.